The lowest BCUT2D eigenvalue weighted by molar-refractivity contribution is 0.374. The zero-order valence-corrected chi connectivity index (χ0v) is 14.7. The Balaban J connectivity index is 4.04. The molecule has 0 heterocycles. The molecule has 0 aromatic carbocycles. The summed E-state index contributed by atoms with van der Waals surface area (Å²) < 4.78 is 16.5. The lowest BCUT2D eigenvalue weighted by Crippen LogP contribution is -2.47. The van der Waals surface area contributed by atoms with Crippen LogP contribution >= 0.6 is 12.6 Å². The Bertz CT molecular complexity index is 162. The maximum Gasteiger partial charge on any atom is 0.411 e. The smallest absolute Gasteiger partial charge is 0.411 e. The van der Waals surface area contributed by atoms with Crippen LogP contribution in [0.15, 0.2) is 0 Å². The van der Waals surface area contributed by atoms with Gasteiger partial charge in [0.1, 0.15) is 0 Å². The molecule has 3 nitrogen and oxygen atoms in total. The average molecular weight is 296 g/mol. The van der Waals surface area contributed by atoms with Gasteiger partial charge >= 0.3 is 18.6 Å². The van der Waals surface area contributed by atoms with Crippen LogP contribution in [-0.2, 0) is 12.3 Å². The molecule has 0 fully saturated rings. The van der Waals surface area contributed by atoms with Gasteiger partial charge < -0.3 is 12.3 Å². The van der Waals surface area contributed by atoms with Crippen molar-refractivity contribution < 1.29 is 12.3 Å². The fourth-order valence-corrected chi connectivity index (χ4v) is 10.5. The molecular formula is C7H19O3SSi4. The van der Waals surface area contributed by atoms with E-state index in [1.54, 1.807) is 0 Å². The van der Waals surface area contributed by atoms with Crippen LogP contribution in [0.25, 0.3) is 0 Å². The molecule has 0 rings (SSSR count). The lowest BCUT2D eigenvalue weighted by Gasteiger charge is -2.33. The van der Waals surface area contributed by atoms with Crippen LogP contribution in [0.5, 0.6) is 0 Å². The molecule has 0 aromatic heterocycles. The van der Waals surface area contributed by atoms with Gasteiger partial charge in [-0.3, -0.25) is 0 Å². The molecule has 0 aliphatic rings. The Kier molecular flexibility index (Phi) is 7.97. The monoisotopic (exact) mass is 295 g/mol. The predicted octanol–water partition coefficient (Wildman–Crippen LogP) is 1.88. The highest BCUT2D eigenvalue weighted by molar-refractivity contribution is 7.80. The largest absolute Gasteiger partial charge is 0.436 e. The highest BCUT2D eigenvalue weighted by Gasteiger charge is 2.34. The second-order valence-electron chi connectivity index (χ2n) is 4.38. The van der Waals surface area contributed by atoms with Gasteiger partial charge in [-0.05, 0) is 44.4 Å². The van der Waals surface area contributed by atoms with Gasteiger partial charge in [0.25, 0.3) is 0 Å². The van der Waals surface area contributed by atoms with Gasteiger partial charge in [0.15, 0.2) is 8.32 Å². The van der Waals surface area contributed by atoms with Crippen molar-refractivity contribution in [2.45, 2.75) is 38.7 Å². The molecule has 8 heteroatoms. The van der Waals surface area contributed by atoms with E-state index in [2.05, 4.69) is 49.3 Å². The van der Waals surface area contributed by atoms with Gasteiger partial charge in [0, 0.05) is 0 Å². The minimum Gasteiger partial charge on any atom is -0.436 e. The molecule has 0 amide bonds. The van der Waals surface area contributed by atoms with E-state index in [-0.39, 0.29) is 10.0 Å². The molecule has 0 saturated carbocycles. The molecule has 0 atom stereocenters. The molecule has 0 aliphatic carbocycles. The first-order valence-corrected chi connectivity index (χ1v) is 12.7. The zero-order chi connectivity index (χ0) is 11.9. The van der Waals surface area contributed by atoms with E-state index in [0.29, 0.717) is 0 Å². The summed E-state index contributed by atoms with van der Waals surface area (Å²) in [5.74, 6) is 0.925. The van der Waals surface area contributed by atoms with Crippen molar-refractivity contribution in [2.75, 3.05) is 5.75 Å². The molecule has 0 aromatic rings. The standard InChI is InChI=1S/C7H19O3SSi4/c1-14(2,7-5-6-11)10-15(3,4)9-13-8-12/h11H,5-7H2,1-4H3. The molecule has 0 saturated heterocycles. The Labute approximate surface area is 107 Å². The van der Waals surface area contributed by atoms with Gasteiger partial charge in [-0.1, -0.05) is 0 Å². The molecule has 0 unspecified atom stereocenters. The molecule has 0 N–H and O–H groups in total. The summed E-state index contributed by atoms with van der Waals surface area (Å²) in [6.45, 7) is 8.57. The summed E-state index contributed by atoms with van der Waals surface area (Å²) in [5.41, 5.74) is 0. The fourth-order valence-electron chi connectivity index (χ4n) is 1.36. The maximum absolute atomic E-state index is 6.16. The number of hydrogen-bond donors (Lipinski definition) is 1. The van der Waals surface area contributed by atoms with E-state index in [1.165, 1.54) is 0 Å². The summed E-state index contributed by atoms with van der Waals surface area (Å²) in [6.07, 6.45) is 1.11. The molecule has 87 valence electrons. The number of thiol groups is 1. The first-order valence-electron chi connectivity index (χ1n) is 4.89. The van der Waals surface area contributed by atoms with Crippen LogP contribution < -0.4 is 0 Å². The molecule has 5 radical (unpaired) electrons. The number of hydrogen-bond acceptors (Lipinski definition) is 4. The molecular weight excluding hydrogens is 276 g/mol. The molecule has 0 spiro atoms. The van der Waals surface area contributed by atoms with E-state index in [4.69, 9.17) is 12.3 Å². The third-order valence-electron chi connectivity index (χ3n) is 1.79. The summed E-state index contributed by atoms with van der Waals surface area (Å²) in [7, 11) is -0.669. The third-order valence-corrected chi connectivity index (χ3v) is 10.5. The van der Waals surface area contributed by atoms with Crippen molar-refractivity contribution in [3.63, 3.8) is 0 Å². The van der Waals surface area contributed by atoms with Crippen LogP contribution in [0.4, 0.5) is 0 Å². The van der Waals surface area contributed by atoms with Crippen molar-refractivity contribution in [2.24, 2.45) is 0 Å². The van der Waals surface area contributed by atoms with Crippen LogP contribution in [0, 0.1) is 0 Å². The van der Waals surface area contributed by atoms with Crippen molar-refractivity contribution in [3.8, 4) is 0 Å². The molecule has 0 bridgehead atoms. The minimum atomic E-state index is -2.02. The van der Waals surface area contributed by atoms with Gasteiger partial charge in [-0.2, -0.15) is 12.6 Å². The Morgan fingerprint density at radius 3 is 2.33 bits per heavy atom. The van der Waals surface area contributed by atoms with Crippen molar-refractivity contribution in [1.29, 1.82) is 0 Å². The van der Waals surface area contributed by atoms with Crippen LogP contribution in [-0.4, -0.2) is 43.1 Å². The van der Waals surface area contributed by atoms with Crippen LogP contribution in [0.1, 0.15) is 6.42 Å². The van der Waals surface area contributed by atoms with Gasteiger partial charge in [-0.15, -0.1) is 0 Å². The van der Waals surface area contributed by atoms with Gasteiger partial charge in [0.2, 0.25) is 10.5 Å². The first-order chi connectivity index (χ1) is 6.83. The van der Waals surface area contributed by atoms with E-state index in [0.717, 1.165) is 18.2 Å². The van der Waals surface area contributed by atoms with Crippen LogP contribution in [0.2, 0.25) is 32.2 Å². The first kappa shape index (κ1) is 16.1. The summed E-state index contributed by atoms with van der Waals surface area (Å²) >= 11 is 4.22. The third kappa shape index (κ3) is 8.86. The summed E-state index contributed by atoms with van der Waals surface area (Å²) in [4.78, 5) is 0. The van der Waals surface area contributed by atoms with E-state index >= 15 is 0 Å². The van der Waals surface area contributed by atoms with Gasteiger partial charge in [0.05, 0.1) is 0 Å². The highest BCUT2D eigenvalue weighted by atomic mass is 32.1. The summed E-state index contributed by atoms with van der Waals surface area (Å²) in [6, 6.07) is 1.13. The Morgan fingerprint density at radius 2 is 1.87 bits per heavy atom. The molecule has 0 aliphatic heterocycles. The quantitative estimate of drug-likeness (QED) is 0.547. The van der Waals surface area contributed by atoms with Crippen molar-refractivity contribution in [1.82, 2.24) is 0 Å². The molecule has 15 heavy (non-hydrogen) atoms. The van der Waals surface area contributed by atoms with E-state index < -0.39 is 16.9 Å². The topological polar surface area (TPSA) is 27.7 Å². The normalized spacial score (nSPS) is 13.2. The average Bonchev–Trinajstić information content (AvgIpc) is 2.10. The second-order valence-corrected chi connectivity index (χ2v) is 14.3. The Morgan fingerprint density at radius 1 is 1.27 bits per heavy atom. The van der Waals surface area contributed by atoms with Crippen molar-refractivity contribution in [3.05, 3.63) is 0 Å². The highest BCUT2D eigenvalue weighted by Crippen LogP contribution is 2.20. The second kappa shape index (κ2) is 7.43. The number of rotatable bonds is 8. The predicted molar refractivity (Wildman–Crippen MR) is 73.0 cm³/mol. The minimum absolute atomic E-state index is 0.0119. The maximum atomic E-state index is 6.16. The van der Waals surface area contributed by atoms with Crippen LogP contribution in [0.3, 0.4) is 0 Å². The SMILES string of the molecule is C[Si](C)(CCCS)O[Si](C)(C)O[Si]O[Si]. The fraction of sp³-hybridized carbons (Fsp3) is 1.00. The lowest BCUT2D eigenvalue weighted by atomic mass is 10.6. The van der Waals surface area contributed by atoms with Crippen molar-refractivity contribution >= 4 is 50.0 Å². The Hall–Kier alpha value is 1.10. The van der Waals surface area contributed by atoms with E-state index in [9.17, 15) is 0 Å². The summed E-state index contributed by atoms with van der Waals surface area (Å²) in [5, 5.41) is 0. The zero-order valence-electron chi connectivity index (χ0n) is 9.79. The van der Waals surface area contributed by atoms with Gasteiger partial charge in [-0.25, -0.2) is 0 Å². The van der Waals surface area contributed by atoms with E-state index in [1.807, 2.05) is 0 Å².